The summed E-state index contributed by atoms with van der Waals surface area (Å²) in [6, 6.07) is 6.79. The fraction of sp³-hybridized carbons (Fsp3) is 0.478. The fourth-order valence-electron chi connectivity index (χ4n) is 4.53. The van der Waals surface area contributed by atoms with Gasteiger partial charge in [0.2, 0.25) is 0 Å². The van der Waals surface area contributed by atoms with Gasteiger partial charge in [-0.15, -0.1) is 10.2 Å². The van der Waals surface area contributed by atoms with Crippen molar-refractivity contribution in [2.24, 2.45) is 0 Å². The summed E-state index contributed by atoms with van der Waals surface area (Å²) in [6.07, 6.45) is 8.00. The smallest absolute Gasteiger partial charge is 0.341 e. The fourth-order valence-corrected chi connectivity index (χ4v) is 4.53. The first kappa shape index (κ1) is 19.0. The lowest BCUT2D eigenvalue weighted by atomic mass is 9.94. The van der Waals surface area contributed by atoms with Crippen molar-refractivity contribution in [3.8, 4) is 0 Å². The number of benzene rings is 1. The first-order valence-electron chi connectivity index (χ1n) is 10.9. The monoisotopic (exact) mass is 405 g/mol. The normalized spacial score (nSPS) is 17.5. The minimum atomic E-state index is -0.306. The molecule has 30 heavy (non-hydrogen) atoms. The van der Waals surface area contributed by atoms with E-state index >= 15 is 0 Å². The molecule has 1 aromatic carbocycles. The maximum atomic E-state index is 12.7. The molecule has 2 aromatic heterocycles. The van der Waals surface area contributed by atoms with E-state index < -0.39 is 0 Å². The number of pyridine rings is 1. The van der Waals surface area contributed by atoms with E-state index in [-0.39, 0.29) is 5.97 Å². The van der Waals surface area contributed by atoms with Gasteiger partial charge in [-0.2, -0.15) is 0 Å². The predicted molar refractivity (Wildman–Crippen MR) is 115 cm³/mol. The number of anilines is 1. The number of aryl methyl sites for hydroxylation is 1. The number of ether oxygens (including phenoxy) is 1. The molecule has 0 atom stereocenters. The Bertz CT molecular complexity index is 1080. The van der Waals surface area contributed by atoms with Crippen molar-refractivity contribution in [2.75, 3.05) is 24.6 Å². The van der Waals surface area contributed by atoms with Crippen molar-refractivity contribution in [3.05, 3.63) is 47.7 Å². The molecule has 156 valence electrons. The number of nitrogens with zero attached hydrogens (tertiary/aromatic N) is 5. The third kappa shape index (κ3) is 3.42. The Morgan fingerprint density at radius 2 is 2.00 bits per heavy atom. The van der Waals surface area contributed by atoms with Gasteiger partial charge < -0.3 is 14.2 Å². The van der Waals surface area contributed by atoms with Crippen LogP contribution in [0.15, 0.2) is 30.7 Å². The van der Waals surface area contributed by atoms with Crippen LogP contribution < -0.4 is 4.90 Å². The van der Waals surface area contributed by atoms with E-state index in [1.165, 1.54) is 12.8 Å². The Hall–Kier alpha value is -2.96. The topological polar surface area (TPSA) is 73.1 Å². The second-order valence-corrected chi connectivity index (χ2v) is 8.35. The number of fused-ring (bicyclic) bond motifs is 1. The molecule has 1 aliphatic carbocycles. The number of carbonyl (C=O) groups is 1. The van der Waals surface area contributed by atoms with Crippen LogP contribution in [0.3, 0.4) is 0 Å². The summed E-state index contributed by atoms with van der Waals surface area (Å²) in [6.45, 7) is 5.97. The summed E-state index contributed by atoms with van der Waals surface area (Å²) in [5.41, 5.74) is 3.55. The van der Waals surface area contributed by atoms with Crippen molar-refractivity contribution in [1.29, 1.82) is 0 Å². The largest absolute Gasteiger partial charge is 0.462 e. The number of rotatable bonds is 5. The zero-order valence-corrected chi connectivity index (χ0v) is 17.5. The highest BCUT2D eigenvalue weighted by Crippen LogP contribution is 2.40. The van der Waals surface area contributed by atoms with E-state index in [4.69, 9.17) is 4.74 Å². The van der Waals surface area contributed by atoms with Gasteiger partial charge in [-0.3, -0.25) is 4.98 Å². The zero-order chi connectivity index (χ0) is 20.7. The van der Waals surface area contributed by atoms with Crippen LogP contribution in [0.25, 0.3) is 10.9 Å². The Balaban J connectivity index is 1.46. The minimum absolute atomic E-state index is 0.306. The molecule has 2 fully saturated rings. The Morgan fingerprint density at radius 1 is 1.20 bits per heavy atom. The first-order chi connectivity index (χ1) is 14.7. The van der Waals surface area contributed by atoms with Gasteiger partial charge in [0.25, 0.3) is 0 Å². The third-order valence-electron chi connectivity index (χ3n) is 6.21. The summed E-state index contributed by atoms with van der Waals surface area (Å²) in [4.78, 5) is 19.6. The van der Waals surface area contributed by atoms with Gasteiger partial charge in [0.05, 0.1) is 17.8 Å². The van der Waals surface area contributed by atoms with E-state index in [2.05, 4.69) is 43.7 Å². The number of hydrogen-bond acceptors (Lipinski definition) is 6. The van der Waals surface area contributed by atoms with Gasteiger partial charge in [0, 0.05) is 36.6 Å². The SMILES string of the molecule is CCOC(=O)c1cnc2ccc(C)cc2c1N1CCC(c2nncn2C2CC2)CC1. The van der Waals surface area contributed by atoms with Crippen LogP contribution in [-0.4, -0.2) is 45.4 Å². The number of esters is 1. The molecule has 1 saturated carbocycles. The first-order valence-corrected chi connectivity index (χ1v) is 10.9. The number of aromatic nitrogens is 4. The number of carbonyl (C=O) groups excluding carboxylic acids is 1. The van der Waals surface area contributed by atoms with Crippen molar-refractivity contribution < 1.29 is 9.53 Å². The molecular weight excluding hydrogens is 378 g/mol. The van der Waals surface area contributed by atoms with Crippen molar-refractivity contribution >= 4 is 22.6 Å². The van der Waals surface area contributed by atoms with Gasteiger partial charge in [-0.05, 0) is 51.7 Å². The molecule has 0 unspecified atom stereocenters. The molecule has 7 nitrogen and oxygen atoms in total. The van der Waals surface area contributed by atoms with Gasteiger partial charge >= 0.3 is 5.97 Å². The summed E-state index contributed by atoms with van der Waals surface area (Å²) in [5.74, 6) is 1.22. The summed E-state index contributed by atoms with van der Waals surface area (Å²) in [5, 5.41) is 9.63. The lowest BCUT2D eigenvalue weighted by molar-refractivity contribution is 0.0526. The second-order valence-electron chi connectivity index (χ2n) is 8.35. The van der Waals surface area contributed by atoms with Crippen LogP contribution in [0.5, 0.6) is 0 Å². The van der Waals surface area contributed by atoms with Crippen LogP contribution in [0, 0.1) is 6.92 Å². The van der Waals surface area contributed by atoms with Gasteiger partial charge in [-0.25, -0.2) is 4.79 Å². The van der Waals surface area contributed by atoms with E-state index in [9.17, 15) is 4.79 Å². The Labute approximate surface area is 176 Å². The van der Waals surface area contributed by atoms with Crippen LogP contribution in [-0.2, 0) is 4.74 Å². The van der Waals surface area contributed by atoms with Crippen molar-refractivity contribution in [2.45, 2.75) is 51.5 Å². The third-order valence-corrected chi connectivity index (χ3v) is 6.21. The molecule has 2 aliphatic rings. The lowest BCUT2D eigenvalue weighted by Gasteiger charge is -2.34. The van der Waals surface area contributed by atoms with Crippen LogP contribution >= 0.6 is 0 Å². The van der Waals surface area contributed by atoms with E-state index in [0.29, 0.717) is 24.1 Å². The average Bonchev–Trinajstić information content (AvgIpc) is 3.49. The predicted octanol–water partition coefficient (Wildman–Crippen LogP) is 4.03. The highest BCUT2D eigenvalue weighted by Gasteiger charge is 2.32. The van der Waals surface area contributed by atoms with Crippen molar-refractivity contribution in [1.82, 2.24) is 19.7 Å². The zero-order valence-electron chi connectivity index (χ0n) is 17.5. The highest BCUT2D eigenvalue weighted by molar-refractivity contribution is 6.05. The highest BCUT2D eigenvalue weighted by atomic mass is 16.5. The molecule has 0 spiro atoms. The van der Waals surface area contributed by atoms with Gasteiger partial charge in [0.15, 0.2) is 0 Å². The van der Waals surface area contributed by atoms with E-state index in [1.54, 1.807) is 6.20 Å². The molecule has 0 bridgehead atoms. The standard InChI is InChI=1S/C23H27N5O2/c1-3-30-23(29)19-13-24-20-7-4-15(2)12-18(20)21(19)27-10-8-16(9-11-27)22-26-25-14-28(22)17-5-6-17/h4,7,12-14,16-17H,3,5-6,8-11H2,1-2H3. The van der Waals surface area contributed by atoms with Gasteiger partial charge in [-0.1, -0.05) is 11.6 Å². The molecular formula is C23H27N5O2. The molecule has 1 aliphatic heterocycles. The minimum Gasteiger partial charge on any atom is -0.462 e. The van der Waals surface area contributed by atoms with Crippen LogP contribution in [0.1, 0.15) is 66.3 Å². The van der Waals surface area contributed by atoms with Gasteiger partial charge in [0.1, 0.15) is 17.7 Å². The number of hydrogen-bond donors (Lipinski definition) is 0. The molecule has 3 heterocycles. The van der Waals surface area contributed by atoms with Crippen molar-refractivity contribution in [3.63, 3.8) is 0 Å². The summed E-state index contributed by atoms with van der Waals surface area (Å²) >= 11 is 0. The molecule has 0 N–H and O–H groups in total. The Morgan fingerprint density at radius 3 is 2.73 bits per heavy atom. The molecule has 0 radical (unpaired) electrons. The molecule has 5 rings (SSSR count). The van der Waals surface area contributed by atoms with Crippen LogP contribution in [0.4, 0.5) is 5.69 Å². The maximum Gasteiger partial charge on any atom is 0.341 e. The maximum absolute atomic E-state index is 12.7. The van der Waals surface area contributed by atoms with Crippen LogP contribution in [0.2, 0.25) is 0 Å². The van der Waals surface area contributed by atoms with E-state index in [0.717, 1.165) is 53.9 Å². The molecule has 1 saturated heterocycles. The Kier molecular flexibility index (Phi) is 4.89. The summed E-state index contributed by atoms with van der Waals surface area (Å²) < 4.78 is 7.61. The quantitative estimate of drug-likeness (QED) is 0.597. The lowest BCUT2D eigenvalue weighted by Crippen LogP contribution is -2.35. The van der Waals surface area contributed by atoms with E-state index in [1.807, 2.05) is 19.3 Å². The average molecular weight is 406 g/mol. The second kappa shape index (κ2) is 7.70. The number of piperidine rings is 1. The molecule has 3 aromatic rings. The molecule has 7 heteroatoms. The summed E-state index contributed by atoms with van der Waals surface area (Å²) in [7, 11) is 0. The molecule has 0 amide bonds.